The summed E-state index contributed by atoms with van der Waals surface area (Å²) in [7, 11) is 0. The molecule has 7 aromatic carbocycles. The van der Waals surface area contributed by atoms with E-state index in [1.165, 1.54) is 52.5 Å². The fourth-order valence-corrected chi connectivity index (χ4v) is 7.44. The molecule has 2 heterocycles. The molecule has 0 saturated heterocycles. The molecule has 0 unspecified atom stereocenters. The molecule has 0 radical (unpaired) electrons. The molecule has 0 aliphatic heterocycles. The average Bonchev–Trinajstić information content (AvgIpc) is 3.36. The third-order valence-corrected chi connectivity index (χ3v) is 8.94. The number of hydrogen-bond donors (Lipinski definition) is 0. The molecule has 0 atom stereocenters. The Balaban J connectivity index is 1.52. The van der Waals surface area contributed by atoms with Crippen molar-refractivity contribution in [2.75, 3.05) is 0 Å². The minimum Gasteiger partial charge on any atom is -0.244 e. The van der Waals surface area contributed by atoms with Gasteiger partial charge in [0.1, 0.15) is 0 Å². The van der Waals surface area contributed by atoms with E-state index in [1.54, 1.807) is 0 Å². The number of hydrogen-bond acceptors (Lipinski definition) is 3. The van der Waals surface area contributed by atoms with Crippen LogP contribution in [0.25, 0.3) is 86.0 Å². The molecule has 9 rings (SSSR count). The SMILES string of the molecule is c1ccc(-c2nc3ccccc3nc2-c2cc3ccc4cccc5c6cccc7sc2c(c76)c3c45)cc1. The zero-order valence-electron chi connectivity index (χ0n) is 19.7. The van der Waals surface area contributed by atoms with Crippen LogP contribution < -0.4 is 0 Å². The summed E-state index contributed by atoms with van der Waals surface area (Å²) in [5.74, 6) is 0. The summed E-state index contributed by atoms with van der Waals surface area (Å²) in [5, 5.41) is 10.7. The molecule has 0 aliphatic carbocycles. The summed E-state index contributed by atoms with van der Waals surface area (Å²) < 4.78 is 2.61. The number of nitrogens with zero attached hydrogens (tertiary/aromatic N) is 2. The van der Waals surface area contributed by atoms with Crippen molar-refractivity contribution < 1.29 is 0 Å². The van der Waals surface area contributed by atoms with Gasteiger partial charge in [-0.3, -0.25) is 0 Å². The highest BCUT2D eigenvalue weighted by Gasteiger charge is 2.24. The molecule has 2 aromatic heterocycles. The minimum absolute atomic E-state index is 0.914. The lowest BCUT2D eigenvalue weighted by Gasteiger charge is -2.16. The third-order valence-electron chi connectivity index (χ3n) is 7.75. The zero-order valence-corrected chi connectivity index (χ0v) is 20.5. The maximum atomic E-state index is 5.27. The maximum Gasteiger partial charge on any atom is 0.0987 e. The number of fused-ring (bicyclic) bond motifs is 2. The number of para-hydroxylation sites is 2. The van der Waals surface area contributed by atoms with Gasteiger partial charge in [-0.15, -0.1) is 11.3 Å². The van der Waals surface area contributed by atoms with Gasteiger partial charge in [0.15, 0.2) is 0 Å². The molecule has 9 aromatic rings. The molecule has 0 fully saturated rings. The number of aromatic nitrogens is 2. The molecule has 0 N–H and O–H groups in total. The van der Waals surface area contributed by atoms with Gasteiger partial charge in [-0.2, -0.15) is 0 Å². The molecular formula is C34H18N2S. The molecule has 0 amide bonds. The summed E-state index contributed by atoms with van der Waals surface area (Å²) in [5.41, 5.74) is 5.94. The lowest BCUT2D eigenvalue weighted by atomic mass is 9.87. The fraction of sp³-hybridized carbons (Fsp3) is 0. The van der Waals surface area contributed by atoms with E-state index in [2.05, 4.69) is 84.9 Å². The Morgan fingerprint density at radius 2 is 1.19 bits per heavy atom. The van der Waals surface area contributed by atoms with Crippen molar-refractivity contribution in [3.8, 4) is 22.5 Å². The van der Waals surface area contributed by atoms with Gasteiger partial charge in [-0.25, -0.2) is 9.97 Å². The van der Waals surface area contributed by atoms with Gasteiger partial charge in [-0.1, -0.05) is 84.9 Å². The van der Waals surface area contributed by atoms with Crippen molar-refractivity contribution in [1.82, 2.24) is 9.97 Å². The predicted molar refractivity (Wildman–Crippen MR) is 158 cm³/mol. The molecule has 0 spiro atoms. The number of rotatable bonds is 2. The molecular weight excluding hydrogens is 468 g/mol. The third kappa shape index (κ3) is 2.54. The fourth-order valence-electron chi connectivity index (χ4n) is 6.19. The molecule has 0 saturated carbocycles. The lowest BCUT2D eigenvalue weighted by molar-refractivity contribution is 1.30. The normalized spacial score (nSPS) is 12.3. The van der Waals surface area contributed by atoms with Crippen LogP contribution in [-0.4, -0.2) is 9.97 Å². The van der Waals surface area contributed by atoms with Crippen LogP contribution in [0.5, 0.6) is 0 Å². The summed E-state index contributed by atoms with van der Waals surface area (Å²) >= 11 is 1.88. The van der Waals surface area contributed by atoms with E-state index >= 15 is 0 Å². The second-order valence-corrected chi connectivity index (χ2v) is 10.8. The average molecular weight is 487 g/mol. The van der Waals surface area contributed by atoms with E-state index in [-0.39, 0.29) is 0 Å². The van der Waals surface area contributed by atoms with Crippen molar-refractivity contribution in [3.05, 3.63) is 109 Å². The van der Waals surface area contributed by atoms with Crippen LogP contribution in [0.4, 0.5) is 0 Å². The minimum atomic E-state index is 0.914. The van der Waals surface area contributed by atoms with Crippen LogP contribution in [0.15, 0.2) is 109 Å². The summed E-state index contributed by atoms with van der Waals surface area (Å²) in [6.07, 6.45) is 0. The lowest BCUT2D eigenvalue weighted by Crippen LogP contribution is -1.96. The molecule has 37 heavy (non-hydrogen) atoms. The van der Waals surface area contributed by atoms with Crippen molar-refractivity contribution >= 4 is 74.9 Å². The zero-order chi connectivity index (χ0) is 24.1. The summed E-state index contributed by atoms with van der Waals surface area (Å²) in [6.45, 7) is 0. The first-order valence-corrected chi connectivity index (χ1v) is 13.3. The molecule has 0 bridgehead atoms. The molecule has 0 aliphatic rings. The monoisotopic (exact) mass is 486 g/mol. The van der Waals surface area contributed by atoms with E-state index < -0.39 is 0 Å². The summed E-state index contributed by atoms with van der Waals surface area (Å²) in [4.78, 5) is 10.4. The van der Waals surface area contributed by atoms with Crippen LogP contribution in [0.1, 0.15) is 0 Å². The Morgan fingerprint density at radius 3 is 2.03 bits per heavy atom. The quantitative estimate of drug-likeness (QED) is 0.179. The highest BCUT2D eigenvalue weighted by atomic mass is 32.1. The smallest absolute Gasteiger partial charge is 0.0987 e. The second kappa shape index (κ2) is 7.00. The molecule has 2 nitrogen and oxygen atoms in total. The van der Waals surface area contributed by atoms with E-state index in [1.807, 2.05) is 35.6 Å². The standard InChI is InChI=1S/C34H18N2S/c1-2-8-20(9-3-1)32-33(36-26-14-5-4-13-25(26)35-32)24-18-21-17-16-19-10-6-11-22-23-12-7-15-27-30(23)31(34(24)37-27)29(21)28(19)22/h1-18H. The first-order chi connectivity index (χ1) is 18.3. The Labute approximate surface area is 216 Å². The van der Waals surface area contributed by atoms with E-state index in [0.29, 0.717) is 0 Å². The van der Waals surface area contributed by atoms with Gasteiger partial charge < -0.3 is 0 Å². The van der Waals surface area contributed by atoms with Gasteiger partial charge in [0.2, 0.25) is 0 Å². The number of benzene rings is 7. The highest BCUT2D eigenvalue weighted by molar-refractivity contribution is 7.26. The van der Waals surface area contributed by atoms with Gasteiger partial charge >= 0.3 is 0 Å². The molecule has 170 valence electrons. The van der Waals surface area contributed by atoms with Crippen LogP contribution in [-0.2, 0) is 0 Å². The first kappa shape index (κ1) is 19.6. The Kier molecular flexibility index (Phi) is 3.70. The van der Waals surface area contributed by atoms with Crippen molar-refractivity contribution in [1.29, 1.82) is 0 Å². The van der Waals surface area contributed by atoms with Gasteiger partial charge in [0.25, 0.3) is 0 Å². The Bertz CT molecular complexity index is 2300. The summed E-state index contributed by atoms with van der Waals surface area (Å²) in [6, 6.07) is 39.0. The molecule has 3 heteroatoms. The van der Waals surface area contributed by atoms with Crippen molar-refractivity contribution in [2.45, 2.75) is 0 Å². The predicted octanol–water partition coefficient (Wildman–Crippen LogP) is 9.67. The van der Waals surface area contributed by atoms with Crippen molar-refractivity contribution in [2.24, 2.45) is 0 Å². The van der Waals surface area contributed by atoms with Crippen LogP contribution >= 0.6 is 11.3 Å². The largest absolute Gasteiger partial charge is 0.244 e. The van der Waals surface area contributed by atoms with Crippen molar-refractivity contribution in [3.63, 3.8) is 0 Å². The Morgan fingerprint density at radius 1 is 0.486 bits per heavy atom. The van der Waals surface area contributed by atoms with Gasteiger partial charge in [0, 0.05) is 31.3 Å². The highest BCUT2D eigenvalue weighted by Crippen LogP contribution is 2.51. The Hall–Kier alpha value is -4.60. The van der Waals surface area contributed by atoms with E-state index in [9.17, 15) is 0 Å². The van der Waals surface area contributed by atoms with Gasteiger partial charge in [0.05, 0.1) is 22.4 Å². The van der Waals surface area contributed by atoms with E-state index in [4.69, 9.17) is 9.97 Å². The van der Waals surface area contributed by atoms with Crippen LogP contribution in [0, 0.1) is 0 Å². The topological polar surface area (TPSA) is 25.8 Å². The van der Waals surface area contributed by atoms with Gasteiger partial charge in [-0.05, 0) is 56.6 Å². The van der Waals surface area contributed by atoms with Crippen LogP contribution in [0.3, 0.4) is 0 Å². The maximum absolute atomic E-state index is 5.27. The van der Waals surface area contributed by atoms with Crippen LogP contribution in [0.2, 0.25) is 0 Å². The van der Waals surface area contributed by atoms with E-state index in [0.717, 1.165) is 33.5 Å². The number of thiophene rings is 1. The second-order valence-electron chi connectivity index (χ2n) is 9.75. The first-order valence-electron chi connectivity index (χ1n) is 12.5.